The molecule has 1 aromatic heterocycles. The average Bonchev–Trinajstić information content (AvgIpc) is 2.29. The SMILES string of the molecule is NNC(=O)/C=C/CC(=O)c1ccncc1. The highest BCUT2D eigenvalue weighted by Crippen LogP contribution is 2.01. The lowest BCUT2D eigenvalue weighted by Gasteiger charge is -1.95. The molecular formula is C10H11N3O2. The van der Waals surface area contributed by atoms with Crippen molar-refractivity contribution >= 4 is 11.7 Å². The second-order valence-electron chi connectivity index (χ2n) is 2.77. The summed E-state index contributed by atoms with van der Waals surface area (Å²) in [6.07, 6.45) is 5.94. The Morgan fingerprint density at radius 1 is 1.40 bits per heavy atom. The van der Waals surface area contributed by atoms with Crippen molar-refractivity contribution in [1.82, 2.24) is 10.4 Å². The van der Waals surface area contributed by atoms with Gasteiger partial charge in [-0.3, -0.25) is 20.0 Å². The zero-order chi connectivity index (χ0) is 11.1. The number of allylic oxidation sites excluding steroid dienone is 1. The molecule has 0 atom stereocenters. The van der Waals surface area contributed by atoms with E-state index in [1.54, 1.807) is 24.5 Å². The van der Waals surface area contributed by atoms with Crippen molar-refractivity contribution < 1.29 is 9.59 Å². The standard InChI is InChI=1S/C10H11N3O2/c11-13-10(15)3-1-2-9(14)8-4-6-12-7-5-8/h1,3-7H,2,11H2,(H,13,15)/b3-1+. The highest BCUT2D eigenvalue weighted by atomic mass is 16.2. The lowest BCUT2D eigenvalue weighted by molar-refractivity contribution is -0.116. The van der Waals surface area contributed by atoms with Gasteiger partial charge in [0, 0.05) is 30.5 Å². The van der Waals surface area contributed by atoms with Crippen LogP contribution in [0.15, 0.2) is 36.7 Å². The third-order valence-electron chi connectivity index (χ3n) is 1.72. The fourth-order valence-corrected chi connectivity index (χ4v) is 0.977. The molecule has 0 saturated heterocycles. The van der Waals surface area contributed by atoms with Gasteiger partial charge in [-0.05, 0) is 12.1 Å². The summed E-state index contributed by atoms with van der Waals surface area (Å²) in [7, 11) is 0. The molecule has 1 aromatic rings. The van der Waals surface area contributed by atoms with Crippen LogP contribution in [0.3, 0.4) is 0 Å². The van der Waals surface area contributed by atoms with Crippen LogP contribution in [0, 0.1) is 0 Å². The first-order valence-electron chi connectivity index (χ1n) is 4.34. The number of nitrogens with one attached hydrogen (secondary N) is 1. The molecule has 5 nitrogen and oxygen atoms in total. The maximum atomic E-state index is 11.5. The molecule has 1 heterocycles. The molecule has 78 valence electrons. The summed E-state index contributed by atoms with van der Waals surface area (Å²) in [5.41, 5.74) is 2.50. The Morgan fingerprint density at radius 3 is 2.67 bits per heavy atom. The minimum Gasteiger partial charge on any atom is -0.294 e. The molecule has 0 bridgehead atoms. The molecular weight excluding hydrogens is 194 g/mol. The average molecular weight is 205 g/mol. The van der Waals surface area contributed by atoms with Crippen LogP contribution < -0.4 is 11.3 Å². The Kier molecular flexibility index (Phi) is 4.18. The number of hydrazine groups is 1. The largest absolute Gasteiger partial charge is 0.294 e. The number of carbonyl (C=O) groups excluding carboxylic acids is 2. The first kappa shape index (κ1) is 11.1. The molecule has 0 fully saturated rings. The van der Waals surface area contributed by atoms with Gasteiger partial charge in [0.1, 0.15) is 0 Å². The molecule has 0 spiro atoms. The van der Waals surface area contributed by atoms with Gasteiger partial charge >= 0.3 is 0 Å². The van der Waals surface area contributed by atoms with Gasteiger partial charge in [0.15, 0.2) is 5.78 Å². The second kappa shape index (κ2) is 5.66. The molecule has 0 aliphatic rings. The van der Waals surface area contributed by atoms with Gasteiger partial charge < -0.3 is 0 Å². The molecule has 0 unspecified atom stereocenters. The highest BCUT2D eigenvalue weighted by molar-refractivity contribution is 5.97. The number of carbonyl (C=O) groups is 2. The summed E-state index contributed by atoms with van der Waals surface area (Å²) in [5.74, 6) is 4.35. The third-order valence-corrected chi connectivity index (χ3v) is 1.72. The zero-order valence-electron chi connectivity index (χ0n) is 8.01. The predicted molar refractivity (Wildman–Crippen MR) is 54.7 cm³/mol. The summed E-state index contributed by atoms with van der Waals surface area (Å²) >= 11 is 0. The van der Waals surface area contributed by atoms with E-state index in [1.807, 2.05) is 5.43 Å². The molecule has 0 aromatic carbocycles. The predicted octanol–water partition coefficient (Wildman–Crippen LogP) is 0.200. The number of ketones is 1. The minimum absolute atomic E-state index is 0.0709. The van der Waals surface area contributed by atoms with Gasteiger partial charge in [0.05, 0.1) is 0 Å². The Labute approximate surface area is 87.0 Å². The van der Waals surface area contributed by atoms with Crippen LogP contribution in [0.25, 0.3) is 0 Å². The van der Waals surface area contributed by atoms with Crippen molar-refractivity contribution in [1.29, 1.82) is 0 Å². The van der Waals surface area contributed by atoms with Crippen LogP contribution in [-0.2, 0) is 4.79 Å². The van der Waals surface area contributed by atoms with Gasteiger partial charge in [0.2, 0.25) is 0 Å². The number of nitrogens with two attached hydrogens (primary N) is 1. The molecule has 0 aliphatic heterocycles. The van der Waals surface area contributed by atoms with E-state index in [9.17, 15) is 9.59 Å². The summed E-state index contributed by atoms with van der Waals surface area (Å²) < 4.78 is 0. The number of nitrogens with zero attached hydrogens (tertiary/aromatic N) is 1. The number of Topliss-reactive ketones (excluding diaryl/α,β-unsaturated/α-hetero) is 1. The van der Waals surface area contributed by atoms with E-state index in [0.29, 0.717) is 5.56 Å². The van der Waals surface area contributed by atoms with Gasteiger partial charge in [-0.25, -0.2) is 5.84 Å². The summed E-state index contributed by atoms with van der Waals surface area (Å²) in [6.45, 7) is 0. The first-order chi connectivity index (χ1) is 7.24. The number of amides is 1. The minimum atomic E-state index is -0.433. The van der Waals surface area contributed by atoms with Gasteiger partial charge in [-0.2, -0.15) is 0 Å². The number of aromatic nitrogens is 1. The molecule has 5 heteroatoms. The molecule has 1 rings (SSSR count). The van der Waals surface area contributed by atoms with E-state index in [-0.39, 0.29) is 12.2 Å². The first-order valence-corrected chi connectivity index (χ1v) is 4.34. The highest BCUT2D eigenvalue weighted by Gasteiger charge is 2.02. The van der Waals surface area contributed by atoms with Crippen molar-refractivity contribution in [3.63, 3.8) is 0 Å². The van der Waals surface area contributed by atoms with Crippen LogP contribution >= 0.6 is 0 Å². The monoisotopic (exact) mass is 205 g/mol. The number of hydrogen-bond donors (Lipinski definition) is 2. The van der Waals surface area contributed by atoms with Crippen molar-refractivity contribution in [2.45, 2.75) is 6.42 Å². The van der Waals surface area contributed by atoms with Gasteiger partial charge in [0.25, 0.3) is 5.91 Å². The van der Waals surface area contributed by atoms with Crippen molar-refractivity contribution in [3.8, 4) is 0 Å². The Bertz CT molecular complexity index is 374. The number of hydrogen-bond acceptors (Lipinski definition) is 4. The Morgan fingerprint density at radius 2 is 2.07 bits per heavy atom. The summed E-state index contributed by atoms with van der Waals surface area (Å²) in [4.78, 5) is 26.0. The zero-order valence-corrected chi connectivity index (χ0v) is 8.01. The Balaban J connectivity index is 2.51. The third kappa shape index (κ3) is 3.70. The second-order valence-corrected chi connectivity index (χ2v) is 2.77. The van der Waals surface area contributed by atoms with E-state index >= 15 is 0 Å². The molecule has 0 aliphatic carbocycles. The molecule has 0 saturated carbocycles. The van der Waals surface area contributed by atoms with Crippen LogP contribution in [0.2, 0.25) is 0 Å². The number of pyridine rings is 1. The van der Waals surface area contributed by atoms with Crippen molar-refractivity contribution in [3.05, 3.63) is 42.2 Å². The van der Waals surface area contributed by atoms with E-state index < -0.39 is 5.91 Å². The maximum Gasteiger partial charge on any atom is 0.257 e. The van der Waals surface area contributed by atoms with Gasteiger partial charge in [-0.1, -0.05) is 6.08 Å². The van der Waals surface area contributed by atoms with E-state index in [4.69, 9.17) is 5.84 Å². The summed E-state index contributed by atoms with van der Waals surface area (Å²) in [6, 6.07) is 3.25. The van der Waals surface area contributed by atoms with Crippen LogP contribution in [0.1, 0.15) is 16.8 Å². The molecule has 3 N–H and O–H groups in total. The van der Waals surface area contributed by atoms with Crippen molar-refractivity contribution in [2.24, 2.45) is 5.84 Å². The lowest BCUT2D eigenvalue weighted by Crippen LogP contribution is -2.28. The van der Waals surface area contributed by atoms with Crippen LogP contribution in [0.5, 0.6) is 0 Å². The maximum absolute atomic E-state index is 11.5. The quantitative estimate of drug-likeness (QED) is 0.242. The fraction of sp³-hybridized carbons (Fsp3) is 0.100. The Hall–Kier alpha value is -2.01. The smallest absolute Gasteiger partial charge is 0.257 e. The van der Waals surface area contributed by atoms with E-state index in [1.165, 1.54) is 12.2 Å². The molecule has 1 amide bonds. The van der Waals surface area contributed by atoms with Crippen LogP contribution in [0.4, 0.5) is 0 Å². The van der Waals surface area contributed by atoms with Crippen molar-refractivity contribution in [2.75, 3.05) is 0 Å². The lowest BCUT2D eigenvalue weighted by atomic mass is 10.1. The fourth-order valence-electron chi connectivity index (χ4n) is 0.977. The number of rotatable bonds is 4. The molecule has 15 heavy (non-hydrogen) atoms. The topological polar surface area (TPSA) is 85.1 Å². The van der Waals surface area contributed by atoms with E-state index in [0.717, 1.165) is 0 Å². The van der Waals surface area contributed by atoms with E-state index in [2.05, 4.69) is 4.98 Å². The van der Waals surface area contributed by atoms with Gasteiger partial charge in [-0.15, -0.1) is 0 Å². The summed E-state index contributed by atoms with van der Waals surface area (Å²) in [5, 5.41) is 0. The molecule has 0 radical (unpaired) electrons. The normalized spacial score (nSPS) is 10.2. The van der Waals surface area contributed by atoms with Crippen LogP contribution in [-0.4, -0.2) is 16.7 Å².